The van der Waals surface area contributed by atoms with Crippen molar-refractivity contribution in [2.75, 3.05) is 0 Å². The largest absolute Gasteiger partial charge is 0.460 e. The van der Waals surface area contributed by atoms with Crippen molar-refractivity contribution in [3.05, 3.63) is 41.2 Å². The molecule has 1 aliphatic carbocycles. The molecule has 2 aromatic rings. The Morgan fingerprint density at radius 1 is 1.14 bits per heavy atom. The Morgan fingerprint density at radius 3 is 2.79 bits per heavy atom. The molecule has 1 heterocycles. The molecule has 14 heavy (non-hydrogen) atoms. The van der Waals surface area contributed by atoms with Gasteiger partial charge in [-0.3, -0.25) is 0 Å². The number of hydrogen-bond acceptors (Lipinski definition) is 1. The van der Waals surface area contributed by atoms with Crippen molar-refractivity contribution in [1.29, 1.82) is 0 Å². The smallest absolute Gasteiger partial charge is 0.134 e. The molecule has 0 spiro atoms. The number of rotatable bonds is 0. The zero-order valence-corrected chi connectivity index (χ0v) is 8.42. The first-order valence-electron chi connectivity index (χ1n) is 4.94. The van der Waals surface area contributed by atoms with E-state index >= 15 is 0 Å². The van der Waals surface area contributed by atoms with Crippen LogP contribution in [0.15, 0.2) is 34.3 Å². The second-order valence-electron chi connectivity index (χ2n) is 3.98. The minimum atomic E-state index is 0.982. The second-order valence-corrected chi connectivity index (χ2v) is 3.98. The molecule has 1 nitrogen and oxygen atoms in total. The summed E-state index contributed by atoms with van der Waals surface area (Å²) in [4.78, 5) is 0. The lowest BCUT2D eigenvalue weighted by Crippen LogP contribution is -1.75. The van der Waals surface area contributed by atoms with E-state index < -0.39 is 0 Å². The Hall–Kier alpha value is -1.50. The molecule has 1 aliphatic rings. The third-order valence-electron chi connectivity index (χ3n) is 3.11. The summed E-state index contributed by atoms with van der Waals surface area (Å²) in [6.07, 6.45) is 0.982. The number of benzene rings is 1. The third-order valence-corrected chi connectivity index (χ3v) is 3.11. The molecule has 1 heteroatoms. The Bertz CT molecular complexity index is 543. The molecule has 1 aromatic carbocycles. The highest BCUT2D eigenvalue weighted by atomic mass is 16.3. The second kappa shape index (κ2) is 2.50. The van der Waals surface area contributed by atoms with Crippen LogP contribution >= 0.6 is 0 Å². The van der Waals surface area contributed by atoms with Crippen molar-refractivity contribution in [2.24, 2.45) is 0 Å². The Kier molecular flexibility index (Phi) is 1.41. The van der Waals surface area contributed by atoms with E-state index in [0.717, 1.165) is 17.8 Å². The van der Waals surface area contributed by atoms with Gasteiger partial charge in [0.15, 0.2) is 0 Å². The van der Waals surface area contributed by atoms with Gasteiger partial charge in [0, 0.05) is 17.4 Å². The van der Waals surface area contributed by atoms with Gasteiger partial charge in [-0.1, -0.05) is 23.8 Å². The zero-order chi connectivity index (χ0) is 9.71. The van der Waals surface area contributed by atoms with Gasteiger partial charge in [-0.25, -0.2) is 0 Å². The fourth-order valence-electron chi connectivity index (χ4n) is 2.22. The maximum absolute atomic E-state index is 5.81. The van der Waals surface area contributed by atoms with Crippen molar-refractivity contribution in [3.63, 3.8) is 0 Å². The van der Waals surface area contributed by atoms with Crippen LogP contribution in [-0.4, -0.2) is 0 Å². The predicted octanol–water partition coefficient (Wildman–Crippen LogP) is 3.78. The SMILES string of the molecule is CC1=C(C)c2c(oc3ccccc23)C1. The van der Waals surface area contributed by atoms with Crippen LogP contribution in [0.5, 0.6) is 0 Å². The summed E-state index contributed by atoms with van der Waals surface area (Å²) in [6.45, 7) is 4.36. The molecule has 0 bridgehead atoms. The van der Waals surface area contributed by atoms with Gasteiger partial charge in [0.25, 0.3) is 0 Å². The van der Waals surface area contributed by atoms with E-state index in [-0.39, 0.29) is 0 Å². The van der Waals surface area contributed by atoms with E-state index in [1.54, 1.807) is 0 Å². The standard InChI is InChI=1S/C13H12O/c1-8-7-12-13(9(8)2)10-5-3-4-6-11(10)14-12/h3-6H,7H2,1-2H3. The summed E-state index contributed by atoms with van der Waals surface area (Å²) in [7, 11) is 0. The molecular weight excluding hydrogens is 172 g/mol. The predicted molar refractivity (Wildman–Crippen MR) is 58.2 cm³/mol. The van der Waals surface area contributed by atoms with Crippen molar-refractivity contribution in [1.82, 2.24) is 0 Å². The molecule has 0 saturated carbocycles. The van der Waals surface area contributed by atoms with Gasteiger partial charge in [0.05, 0.1) is 0 Å². The summed E-state index contributed by atoms with van der Waals surface area (Å²) in [5, 5.41) is 1.26. The molecule has 0 saturated heterocycles. The first kappa shape index (κ1) is 7.86. The first-order chi connectivity index (χ1) is 6.77. The van der Waals surface area contributed by atoms with E-state index in [4.69, 9.17) is 4.42 Å². The monoisotopic (exact) mass is 184 g/mol. The van der Waals surface area contributed by atoms with Crippen molar-refractivity contribution >= 4 is 16.5 Å². The van der Waals surface area contributed by atoms with E-state index in [1.165, 1.54) is 22.1 Å². The van der Waals surface area contributed by atoms with Crippen molar-refractivity contribution < 1.29 is 4.42 Å². The Morgan fingerprint density at radius 2 is 1.93 bits per heavy atom. The number of furan rings is 1. The molecule has 1 aromatic heterocycles. The lowest BCUT2D eigenvalue weighted by Gasteiger charge is -1.95. The quantitative estimate of drug-likeness (QED) is 0.607. The molecule has 3 rings (SSSR count). The van der Waals surface area contributed by atoms with Gasteiger partial charge in [-0.05, 0) is 25.5 Å². The highest BCUT2D eigenvalue weighted by Crippen LogP contribution is 2.39. The minimum Gasteiger partial charge on any atom is -0.460 e. The van der Waals surface area contributed by atoms with Crippen molar-refractivity contribution in [2.45, 2.75) is 20.3 Å². The van der Waals surface area contributed by atoms with Crippen LogP contribution in [0.3, 0.4) is 0 Å². The van der Waals surface area contributed by atoms with Crippen LogP contribution in [0.4, 0.5) is 0 Å². The molecule has 0 unspecified atom stereocenters. The van der Waals surface area contributed by atoms with E-state index in [0.29, 0.717) is 0 Å². The normalized spacial score (nSPS) is 15.3. The van der Waals surface area contributed by atoms with E-state index in [2.05, 4.69) is 26.0 Å². The minimum absolute atomic E-state index is 0.982. The maximum Gasteiger partial charge on any atom is 0.134 e. The van der Waals surface area contributed by atoms with E-state index in [1.807, 2.05) is 12.1 Å². The van der Waals surface area contributed by atoms with Gasteiger partial charge < -0.3 is 4.42 Å². The number of fused-ring (bicyclic) bond motifs is 3. The van der Waals surface area contributed by atoms with Crippen molar-refractivity contribution in [3.8, 4) is 0 Å². The molecule has 0 amide bonds. The molecular formula is C13H12O. The zero-order valence-electron chi connectivity index (χ0n) is 8.42. The fourth-order valence-corrected chi connectivity index (χ4v) is 2.22. The summed E-state index contributed by atoms with van der Waals surface area (Å²) >= 11 is 0. The van der Waals surface area contributed by atoms with E-state index in [9.17, 15) is 0 Å². The van der Waals surface area contributed by atoms with Gasteiger partial charge in [-0.2, -0.15) is 0 Å². The molecule has 0 aliphatic heterocycles. The van der Waals surface area contributed by atoms with Gasteiger partial charge in [0.1, 0.15) is 11.3 Å². The maximum atomic E-state index is 5.81. The van der Waals surface area contributed by atoms with Gasteiger partial charge in [-0.15, -0.1) is 0 Å². The van der Waals surface area contributed by atoms with Crippen LogP contribution in [0.1, 0.15) is 25.2 Å². The van der Waals surface area contributed by atoms with Gasteiger partial charge in [0.2, 0.25) is 0 Å². The number of para-hydroxylation sites is 1. The number of allylic oxidation sites excluding steroid dienone is 2. The molecule has 0 fully saturated rings. The highest BCUT2D eigenvalue weighted by molar-refractivity contribution is 5.94. The molecule has 0 radical (unpaired) electrons. The van der Waals surface area contributed by atoms with Crippen LogP contribution < -0.4 is 0 Å². The van der Waals surface area contributed by atoms with Crippen LogP contribution in [-0.2, 0) is 6.42 Å². The average molecular weight is 184 g/mol. The topological polar surface area (TPSA) is 13.1 Å². The fraction of sp³-hybridized carbons (Fsp3) is 0.231. The molecule has 70 valence electrons. The molecule has 0 N–H and O–H groups in total. The summed E-state index contributed by atoms with van der Waals surface area (Å²) in [5.41, 5.74) is 5.18. The summed E-state index contributed by atoms with van der Waals surface area (Å²) < 4.78 is 5.81. The van der Waals surface area contributed by atoms with Crippen LogP contribution in [0, 0.1) is 0 Å². The van der Waals surface area contributed by atoms with Crippen LogP contribution in [0.2, 0.25) is 0 Å². The van der Waals surface area contributed by atoms with Crippen LogP contribution in [0.25, 0.3) is 16.5 Å². The molecule has 0 atom stereocenters. The lowest BCUT2D eigenvalue weighted by atomic mass is 10.1. The summed E-state index contributed by atoms with van der Waals surface area (Å²) in [6, 6.07) is 8.27. The third kappa shape index (κ3) is 0.844. The highest BCUT2D eigenvalue weighted by Gasteiger charge is 2.22. The first-order valence-corrected chi connectivity index (χ1v) is 4.94. The Labute approximate surface area is 83.0 Å². The lowest BCUT2D eigenvalue weighted by molar-refractivity contribution is 0.564. The Balaban J connectivity index is 2.43. The van der Waals surface area contributed by atoms with Gasteiger partial charge >= 0.3 is 0 Å². The average Bonchev–Trinajstić information content (AvgIpc) is 2.65. The number of hydrogen-bond donors (Lipinski definition) is 0. The summed E-state index contributed by atoms with van der Waals surface area (Å²) in [5.74, 6) is 1.14.